The van der Waals surface area contributed by atoms with Crippen LogP contribution in [0.15, 0.2) is 51.7 Å². The van der Waals surface area contributed by atoms with Crippen LogP contribution < -0.4 is 20.3 Å². The third-order valence-corrected chi connectivity index (χ3v) is 8.76. The second-order valence-corrected chi connectivity index (χ2v) is 11.6. The van der Waals surface area contributed by atoms with Gasteiger partial charge in [0.2, 0.25) is 5.91 Å². The van der Waals surface area contributed by atoms with E-state index in [0.717, 1.165) is 29.5 Å². The number of nitrogens with zero attached hydrogens (tertiary/aromatic N) is 1. The summed E-state index contributed by atoms with van der Waals surface area (Å²) in [5, 5.41) is 5.63. The molecule has 1 aliphatic carbocycles. The molecule has 0 radical (unpaired) electrons. The van der Waals surface area contributed by atoms with E-state index in [9.17, 15) is 9.59 Å². The van der Waals surface area contributed by atoms with Crippen LogP contribution in [0.1, 0.15) is 36.5 Å². The van der Waals surface area contributed by atoms with Gasteiger partial charge in [0.15, 0.2) is 16.7 Å². The summed E-state index contributed by atoms with van der Waals surface area (Å²) in [5.41, 5.74) is 5.65. The molecule has 0 aliphatic heterocycles. The van der Waals surface area contributed by atoms with Crippen molar-refractivity contribution in [1.29, 1.82) is 0 Å². The highest BCUT2D eigenvalue weighted by Gasteiger charge is 2.19. The molecule has 2 aromatic heterocycles. The minimum absolute atomic E-state index is 0.112. The van der Waals surface area contributed by atoms with Crippen LogP contribution in [-0.2, 0) is 24.1 Å². The number of rotatable bonds is 9. The average Bonchev–Trinajstić information content (AvgIpc) is 3.37. The molecule has 4 aromatic rings. The van der Waals surface area contributed by atoms with E-state index in [1.54, 1.807) is 14.2 Å². The van der Waals surface area contributed by atoms with Crippen molar-refractivity contribution in [3.05, 3.63) is 68.8 Å². The Balaban J connectivity index is 1.24. The van der Waals surface area contributed by atoms with E-state index in [2.05, 4.69) is 33.5 Å². The molecule has 0 bridgehead atoms. The number of methoxy groups -OCH3 is 2. The van der Waals surface area contributed by atoms with Crippen molar-refractivity contribution >= 4 is 39.2 Å². The summed E-state index contributed by atoms with van der Waals surface area (Å²) in [5.74, 6) is 1.22. The van der Waals surface area contributed by atoms with E-state index in [-0.39, 0.29) is 11.5 Å². The number of hydrogen-bond donors (Lipinski definition) is 2. The third-order valence-electron chi connectivity index (χ3n) is 6.90. The van der Waals surface area contributed by atoms with Gasteiger partial charge in [-0.25, -0.2) is 4.98 Å². The number of amides is 1. The van der Waals surface area contributed by atoms with Crippen LogP contribution in [-0.4, -0.2) is 41.9 Å². The number of aryl methyl sites for hydroxylation is 2. The number of H-pyrrole nitrogens is 1. The van der Waals surface area contributed by atoms with Crippen molar-refractivity contribution in [2.24, 2.45) is 0 Å². The number of carbonyl (C=O) groups excluding carboxylic acids is 1. The summed E-state index contributed by atoms with van der Waals surface area (Å²) in [6.07, 6.45) is 5.34. The second kappa shape index (κ2) is 11.6. The number of aromatic nitrogens is 2. The summed E-state index contributed by atoms with van der Waals surface area (Å²) in [7, 11) is 3.20. The second-order valence-electron chi connectivity index (χ2n) is 9.38. The van der Waals surface area contributed by atoms with Crippen molar-refractivity contribution in [3.63, 3.8) is 0 Å². The van der Waals surface area contributed by atoms with Crippen LogP contribution >= 0.6 is 23.1 Å². The quantitative estimate of drug-likeness (QED) is 0.215. The lowest BCUT2D eigenvalue weighted by atomic mass is 9.89. The summed E-state index contributed by atoms with van der Waals surface area (Å²) in [6, 6.07) is 12.3. The van der Waals surface area contributed by atoms with E-state index >= 15 is 0 Å². The predicted octanol–water partition coefficient (Wildman–Crippen LogP) is 5.39. The van der Waals surface area contributed by atoms with Gasteiger partial charge in [-0.1, -0.05) is 36.0 Å². The zero-order valence-electron chi connectivity index (χ0n) is 21.8. The lowest BCUT2D eigenvalue weighted by Crippen LogP contribution is -2.32. The maximum atomic E-state index is 13.1. The molecule has 9 heteroatoms. The molecule has 1 unspecified atom stereocenters. The highest BCUT2D eigenvalue weighted by Crippen LogP contribution is 2.34. The lowest BCUT2D eigenvalue weighted by molar-refractivity contribution is -0.120. The number of nitrogens with one attached hydrogen (secondary N) is 2. The van der Waals surface area contributed by atoms with E-state index in [1.165, 1.54) is 47.1 Å². The Morgan fingerprint density at radius 3 is 2.68 bits per heavy atom. The smallest absolute Gasteiger partial charge is 0.260 e. The fourth-order valence-corrected chi connectivity index (χ4v) is 6.66. The molecule has 1 amide bonds. The Morgan fingerprint density at radius 2 is 1.89 bits per heavy atom. The molecule has 0 saturated heterocycles. The fraction of sp³-hybridized carbons (Fsp3) is 0.345. The van der Waals surface area contributed by atoms with Gasteiger partial charge in [-0.2, -0.15) is 0 Å². The van der Waals surface area contributed by atoms with Gasteiger partial charge in [0, 0.05) is 17.5 Å². The van der Waals surface area contributed by atoms with Crippen LogP contribution in [0.3, 0.4) is 0 Å². The number of fused-ring (bicyclic) bond motifs is 2. The molecule has 5 rings (SSSR count). The Bertz CT molecular complexity index is 1530. The fourth-order valence-electron chi connectivity index (χ4n) is 4.83. The topological polar surface area (TPSA) is 93.3 Å². The minimum atomic E-state index is -0.416. The van der Waals surface area contributed by atoms with Crippen LogP contribution in [0.2, 0.25) is 0 Å². The number of benzene rings is 2. The van der Waals surface area contributed by atoms with Gasteiger partial charge < -0.3 is 19.8 Å². The zero-order valence-corrected chi connectivity index (χ0v) is 23.4. The Labute approximate surface area is 230 Å². The molecule has 7 nitrogen and oxygen atoms in total. The summed E-state index contributed by atoms with van der Waals surface area (Å²) in [4.78, 5) is 34.1. The first kappa shape index (κ1) is 26.3. The standard InChI is InChI=1S/C29H31N3O4S2/c1-17(26(33)30-13-12-18-8-11-23(35-2)24(14-18)36-3)38-29-31-27(34)25-22(16-37-28(25)32-29)21-10-9-19-6-4-5-7-20(19)15-21/h8-11,14-17H,4-7,12-13H2,1-3H3,(H,30,33)(H,31,32,34). The normalized spacial score (nSPS) is 13.7. The first-order chi connectivity index (χ1) is 18.5. The monoisotopic (exact) mass is 549 g/mol. The highest BCUT2D eigenvalue weighted by molar-refractivity contribution is 8.00. The summed E-state index contributed by atoms with van der Waals surface area (Å²) < 4.78 is 10.6. The van der Waals surface area contributed by atoms with Gasteiger partial charge in [-0.3, -0.25) is 9.59 Å². The maximum Gasteiger partial charge on any atom is 0.260 e. The molecule has 0 saturated carbocycles. The number of hydrogen-bond acceptors (Lipinski definition) is 7. The van der Waals surface area contributed by atoms with Crippen LogP contribution in [0, 0.1) is 0 Å². The number of thiophene rings is 1. The molecule has 0 fully saturated rings. The van der Waals surface area contributed by atoms with Crippen LogP contribution in [0.5, 0.6) is 11.5 Å². The maximum absolute atomic E-state index is 13.1. The van der Waals surface area contributed by atoms with Crippen molar-refractivity contribution in [2.45, 2.75) is 49.4 Å². The van der Waals surface area contributed by atoms with E-state index in [0.29, 0.717) is 39.8 Å². The van der Waals surface area contributed by atoms with Crippen molar-refractivity contribution in [3.8, 4) is 22.6 Å². The zero-order chi connectivity index (χ0) is 26.6. The molecule has 38 heavy (non-hydrogen) atoms. The predicted molar refractivity (Wildman–Crippen MR) is 154 cm³/mol. The minimum Gasteiger partial charge on any atom is -0.493 e. The Morgan fingerprint density at radius 1 is 1.11 bits per heavy atom. The molecule has 2 N–H and O–H groups in total. The van der Waals surface area contributed by atoms with E-state index < -0.39 is 5.25 Å². The van der Waals surface area contributed by atoms with Gasteiger partial charge in [0.25, 0.3) is 5.56 Å². The van der Waals surface area contributed by atoms with Gasteiger partial charge in [-0.05, 0) is 73.4 Å². The lowest BCUT2D eigenvalue weighted by Gasteiger charge is -2.16. The van der Waals surface area contributed by atoms with E-state index in [1.807, 2.05) is 30.5 Å². The molecule has 2 heterocycles. The molecular formula is C29H31N3O4S2. The van der Waals surface area contributed by atoms with Crippen molar-refractivity contribution < 1.29 is 14.3 Å². The SMILES string of the molecule is COc1ccc(CCNC(=O)C(C)Sc2nc3scc(-c4ccc5c(c4)CCCC5)c3c(=O)[nH]2)cc1OC. The van der Waals surface area contributed by atoms with Crippen LogP contribution in [0.4, 0.5) is 0 Å². The Kier molecular flexibility index (Phi) is 8.04. The van der Waals surface area contributed by atoms with Crippen molar-refractivity contribution in [1.82, 2.24) is 15.3 Å². The van der Waals surface area contributed by atoms with Gasteiger partial charge in [-0.15, -0.1) is 11.3 Å². The van der Waals surface area contributed by atoms with Gasteiger partial charge >= 0.3 is 0 Å². The molecular weight excluding hydrogens is 518 g/mol. The van der Waals surface area contributed by atoms with Crippen LogP contribution in [0.25, 0.3) is 21.3 Å². The van der Waals surface area contributed by atoms with Gasteiger partial charge in [0.05, 0.1) is 24.9 Å². The third kappa shape index (κ3) is 5.59. The highest BCUT2D eigenvalue weighted by atomic mass is 32.2. The number of aromatic amines is 1. The molecule has 1 atom stereocenters. The first-order valence-corrected chi connectivity index (χ1v) is 14.5. The molecule has 198 valence electrons. The number of ether oxygens (including phenoxy) is 2. The summed E-state index contributed by atoms with van der Waals surface area (Å²) in [6.45, 7) is 2.30. The first-order valence-electron chi connectivity index (χ1n) is 12.8. The number of carbonyl (C=O) groups is 1. The number of thioether (sulfide) groups is 1. The largest absolute Gasteiger partial charge is 0.493 e. The van der Waals surface area contributed by atoms with Gasteiger partial charge in [0.1, 0.15) is 4.83 Å². The molecule has 2 aromatic carbocycles. The molecule has 1 aliphatic rings. The summed E-state index contributed by atoms with van der Waals surface area (Å²) >= 11 is 2.72. The van der Waals surface area contributed by atoms with E-state index in [4.69, 9.17) is 9.47 Å². The average molecular weight is 550 g/mol. The molecule has 0 spiro atoms. The van der Waals surface area contributed by atoms with Crippen molar-refractivity contribution in [2.75, 3.05) is 20.8 Å². The Hall–Kier alpha value is -3.30.